The number of H-pyrrole nitrogens is 1. The summed E-state index contributed by atoms with van der Waals surface area (Å²) >= 11 is 0. The normalized spacial score (nSPS) is 12.3. The van der Waals surface area contributed by atoms with Crippen LogP contribution in [-0.4, -0.2) is 33.6 Å². The van der Waals surface area contributed by atoms with Gasteiger partial charge in [-0.3, -0.25) is 14.6 Å². The zero-order valence-electron chi connectivity index (χ0n) is 9.80. The summed E-state index contributed by atoms with van der Waals surface area (Å²) in [6.07, 6.45) is 1.58. The van der Waals surface area contributed by atoms with Gasteiger partial charge in [-0.15, -0.1) is 0 Å². The first kappa shape index (κ1) is 12.3. The maximum atomic E-state index is 11.8. The fourth-order valence-electron chi connectivity index (χ4n) is 1.55. The van der Waals surface area contributed by atoms with Crippen molar-refractivity contribution in [2.24, 2.45) is 0 Å². The number of fused-ring (bicyclic) bond motifs is 1. The van der Waals surface area contributed by atoms with Crippen LogP contribution in [0.3, 0.4) is 0 Å². The molecule has 1 atom stereocenters. The SMILES string of the molecule is CC(CO)NC(=O)c1cc2ncccc2[nH]c1=O. The number of nitrogens with one attached hydrogen (secondary N) is 2. The Morgan fingerprint density at radius 2 is 2.39 bits per heavy atom. The Bertz CT molecular complexity index is 636. The molecule has 0 aliphatic heterocycles. The average molecular weight is 247 g/mol. The number of aliphatic hydroxyl groups excluding tert-OH is 1. The second kappa shape index (κ2) is 4.97. The van der Waals surface area contributed by atoms with Crippen LogP contribution in [0.15, 0.2) is 29.2 Å². The van der Waals surface area contributed by atoms with Crippen LogP contribution in [-0.2, 0) is 0 Å². The van der Waals surface area contributed by atoms with E-state index in [4.69, 9.17) is 5.11 Å². The summed E-state index contributed by atoms with van der Waals surface area (Å²) in [5, 5.41) is 11.4. The zero-order chi connectivity index (χ0) is 13.1. The highest BCUT2D eigenvalue weighted by molar-refractivity contribution is 5.96. The van der Waals surface area contributed by atoms with Gasteiger partial charge in [-0.1, -0.05) is 0 Å². The molecule has 0 saturated heterocycles. The third kappa shape index (κ3) is 2.38. The second-order valence-corrected chi connectivity index (χ2v) is 4.01. The van der Waals surface area contributed by atoms with Gasteiger partial charge in [0.05, 0.1) is 17.6 Å². The van der Waals surface area contributed by atoms with Crippen molar-refractivity contribution < 1.29 is 9.90 Å². The monoisotopic (exact) mass is 247 g/mol. The molecule has 2 rings (SSSR count). The summed E-state index contributed by atoms with van der Waals surface area (Å²) in [6.45, 7) is 1.46. The molecule has 0 aromatic carbocycles. The zero-order valence-corrected chi connectivity index (χ0v) is 9.80. The molecular weight excluding hydrogens is 234 g/mol. The van der Waals surface area contributed by atoms with Gasteiger partial charge in [-0.25, -0.2) is 0 Å². The predicted molar refractivity (Wildman–Crippen MR) is 66.4 cm³/mol. The maximum absolute atomic E-state index is 11.8. The topological polar surface area (TPSA) is 95.1 Å². The molecule has 0 saturated carbocycles. The lowest BCUT2D eigenvalue weighted by atomic mass is 10.2. The molecule has 0 aliphatic carbocycles. The van der Waals surface area contributed by atoms with Gasteiger partial charge in [0, 0.05) is 12.2 Å². The van der Waals surface area contributed by atoms with E-state index in [1.807, 2.05) is 0 Å². The summed E-state index contributed by atoms with van der Waals surface area (Å²) in [7, 11) is 0. The van der Waals surface area contributed by atoms with Gasteiger partial charge in [-0.2, -0.15) is 0 Å². The van der Waals surface area contributed by atoms with Gasteiger partial charge >= 0.3 is 0 Å². The van der Waals surface area contributed by atoms with E-state index in [2.05, 4.69) is 15.3 Å². The van der Waals surface area contributed by atoms with Crippen molar-refractivity contribution in [3.05, 3.63) is 40.3 Å². The van der Waals surface area contributed by atoms with Crippen molar-refractivity contribution in [1.82, 2.24) is 15.3 Å². The maximum Gasteiger partial charge on any atom is 0.261 e. The van der Waals surface area contributed by atoms with Crippen LogP contribution in [0.2, 0.25) is 0 Å². The minimum absolute atomic E-state index is 0.0125. The third-order valence-electron chi connectivity index (χ3n) is 2.51. The molecule has 1 unspecified atom stereocenters. The molecule has 0 spiro atoms. The number of rotatable bonds is 3. The molecule has 0 bridgehead atoms. The van der Waals surface area contributed by atoms with Gasteiger partial charge in [-0.05, 0) is 25.1 Å². The van der Waals surface area contributed by atoms with Crippen molar-refractivity contribution in [2.75, 3.05) is 6.61 Å². The molecule has 0 aliphatic rings. The molecule has 0 fully saturated rings. The second-order valence-electron chi connectivity index (χ2n) is 4.01. The van der Waals surface area contributed by atoms with E-state index in [1.165, 1.54) is 6.07 Å². The molecule has 2 aromatic rings. The quantitative estimate of drug-likeness (QED) is 0.713. The van der Waals surface area contributed by atoms with Crippen LogP contribution >= 0.6 is 0 Å². The highest BCUT2D eigenvalue weighted by Gasteiger charge is 2.14. The summed E-state index contributed by atoms with van der Waals surface area (Å²) in [4.78, 5) is 30.2. The van der Waals surface area contributed by atoms with Crippen LogP contribution in [0.1, 0.15) is 17.3 Å². The largest absolute Gasteiger partial charge is 0.394 e. The minimum atomic E-state index is -0.523. The average Bonchev–Trinajstić information content (AvgIpc) is 2.37. The molecule has 18 heavy (non-hydrogen) atoms. The first-order valence-corrected chi connectivity index (χ1v) is 5.51. The summed E-state index contributed by atoms with van der Waals surface area (Å²) in [5.41, 5.74) is 0.632. The Balaban J connectivity index is 2.42. The Hall–Kier alpha value is -2.21. The first-order chi connectivity index (χ1) is 8.61. The lowest BCUT2D eigenvalue weighted by Gasteiger charge is -2.10. The molecule has 94 valence electrons. The molecular formula is C12H13N3O3. The van der Waals surface area contributed by atoms with E-state index >= 15 is 0 Å². The number of hydrogen-bond acceptors (Lipinski definition) is 4. The van der Waals surface area contributed by atoms with E-state index in [1.54, 1.807) is 25.3 Å². The van der Waals surface area contributed by atoms with Crippen molar-refractivity contribution in [1.29, 1.82) is 0 Å². The van der Waals surface area contributed by atoms with E-state index in [0.29, 0.717) is 11.0 Å². The van der Waals surface area contributed by atoms with Crippen LogP contribution in [0.4, 0.5) is 0 Å². The number of nitrogens with zero attached hydrogens (tertiary/aromatic N) is 1. The highest BCUT2D eigenvalue weighted by Crippen LogP contribution is 2.06. The molecule has 0 radical (unpaired) electrons. The number of amides is 1. The summed E-state index contributed by atoms with van der Waals surface area (Å²) in [5.74, 6) is -0.523. The van der Waals surface area contributed by atoms with Crippen LogP contribution < -0.4 is 10.9 Å². The van der Waals surface area contributed by atoms with E-state index < -0.39 is 17.5 Å². The Morgan fingerprint density at radius 1 is 1.61 bits per heavy atom. The molecule has 6 nitrogen and oxygen atoms in total. The summed E-state index contributed by atoms with van der Waals surface area (Å²) < 4.78 is 0. The molecule has 2 heterocycles. The molecule has 6 heteroatoms. The number of carbonyl (C=O) groups excluding carboxylic acids is 1. The van der Waals surface area contributed by atoms with Gasteiger partial charge in [0.25, 0.3) is 11.5 Å². The Morgan fingerprint density at radius 3 is 3.11 bits per heavy atom. The smallest absolute Gasteiger partial charge is 0.261 e. The van der Waals surface area contributed by atoms with E-state index in [9.17, 15) is 9.59 Å². The summed E-state index contributed by atoms with van der Waals surface area (Å²) in [6, 6.07) is 4.44. The van der Waals surface area contributed by atoms with Gasteiger partial charge in [0.2, 0.25) is 0 Å². The number of aliphatic hydroxyl groups is 1. The predicted octanol–water partition coefficient (Wildman–Crippen LogP) is 0.0337. The number of carbonyl (C=O) groups is 1. The first-order valence-electron chi connectivity index (χ1n) is 5.51. The van der Waals surface area contributed by atoms with Crippen LogP contribution in [0.25, 0.3) is 11.0 Å². The number of hydrogen-bond donors (Lipinski definition) is 3. The molecule has 3 N–H and O–H groups in total. The number of aromatic nitrogens is 2. The van der Waals surface area contributed by atoms with E-state index in [-0.39, 0.29) is 12.2 Å². The van der Waals surface area contributed by atoms with Crippen molar-refractivity contribution >= 4 is 16.9 Å². The number of pyridine rings is 2. The minimum Gasteiger partial charge on any atom is -0.394 e. The molecule has 2 aromatic heterocycles. The standard InChI is InChI=1S/C12H13N3O3/c1-7(6-16)14-11(17)8-5-10-9(15-12(8)18)3-2-4-13-10/h2-5,7,16H,6H2,1H3,(H,14,17)(H,15,18). The van der Waals surface area contributed by atoms with Crippen molar-refractivity contribution in [2.45, 2.75) is 13.0 Å². The van der Waals surface area contributed by atoms with Crippen LogP contribution in [0.5, 0.6) is 0 Å². The van der Waals surface area contributed by atoms with Crippen LogP contribution in [0, 0.1) is 0 Å². The Labute approximate surface area is 103 Å². The fraction of sp³-hybridized carbons (Fsp3) is 0.250. The Kier molecular flexibility index (Phi) is 3.38. The van der Waals surface area contributed by atoms with Gasteiger partial charge in [0.15, 0.2) is 0 Å². The number of aromatic amines is 1. The van der Waals surface area contributed by atoms with Crippen molar-refractivity contribution in [3.63, 3.8) is 0 Å². The fourth-order valence-corrected chi connectivity index (χ4v) is 1.55. The molecule has 1 amide bonds. The lowest BCUT2D eigenvalue weighted by Crippen LogP contribution is -2.37. The van der Waals surface area contributed by atoms with E-state index in [0.717, 1.165) is 0 Å². The highest BCUT2D eigenvalue weighted by atomic mass is 16.3. The third-order valence-corrected chi connectivity index (χ3v) is 2.51. The lowest BCUT2D eigenvalue weighted by molar-refractivity contribution is 0.0921. The van der Waals surface area contributed by atoms with Gasteiger partial charge in [0.1, 0.15) is 5.56 Å². The van der Waals surface area contributed by atoms with Gasteiger partial charge < -0.3 is 15.4 Å². The van der Waals surface area contributed by atoms with Crippen molar-refractivity contribution in [3.8, 4) is 0 Å².